The highest BCUT2D eigenvalue weighted by atomic mass is 16.5. The molecular formula is C19H29N3O3. The minimum absolute atomic E-state index is 0.00647. The maximum Gasteiger partial charge on any atom is 0.254 e. The Kier molecular flexibility index (Phi) is 5.61. The third kappa shape index (κ3) is 4.51. The summed E-state index contributed by atoms with van der Waals surface area (Å²) in [5.41, 5.74) is 0.937. The number of hydrogen-bond donors (Lipinski definition) is 1. The van der Waals surface area contributed by atoms with Gasteiger partial charge in [0.25, 0.3) is 5.91 Å². The minimum Gasteiger partial charge on any atom is -0.387 e. The molecule has 0 saturated carbocycles. The van der Waals surface area contributed by atoms with Crippen LogP contribution in [-0.2, 0) is 4.74 Å². The van der Waals surface area contributed by atoms with Crippen LogP contribution in [0.5, 0.6) is 0 Å². The average Bonchev–Trinajstić information content (AvgIpc) is 2.61. The summed E-state index contributed by atoms with van der Waals surface area (Å²) in [5.74, 6) is 0.00647. The zero-order valence-electron chi connectivity index (χ0n) is 15.3. The van der Waals surface area contributed by atoms with Crippen LogP contribution in [0.4, 0.5) is 5.69 Å². The largest absolute Gasteiger partial charge is 0.387 e. The van der Waals surface area contributed by atoms with Crippen LogP contribution in [0.3, 0.4) is 0 Å². The van der Waals surface area contributed by atoms with Crippen LogP contribution in [0.15, 0.2) is 24.3 Å². The van der Waals surface area contributed by atoms with Crippen molar-refractivity contribution in [3.05, 3.63) is 29.8 Å². The number of piperidine rings is 1. The summed E-state index contributed by atoms with van der Waals surface area (Å²) < 4.78 is 5.40. The fourth-order valence-electron chi connectivity index (χ4n) is 3.84. The molecule has 0 spiro atoms. The van der Waals surface area contributed by atoms with Crippen molar-refractivity contribution in [1.82, 2.24) is 9.80 Å². The van der Waals surface area contributed by atoms with Crippen LogP contribution >= 0.6 is 0 Å². The first-order valence-electron chi connectivity index (χ1n) is 9.06. The van der Waals surface area contributed by atoms with Gasteiger partial charge in [-0.1, -0.05) is 6.07 Å². The van der Waals surface area contributed by atoms with Crippen LogP contribution in [0.1, 0.15) is 23.2 Å². The van der Waals surface area contributed by atoms with E-state index in [1.54, 1.807) is 4.90 Å². The van der Waals surface area contributed by atoms with E-state index in [-0.39, 0.29) is 5.91 Å². The first-order valence-corrected chi connectivity index (χ1v) is 9.06. The lowest BCUT2D eigenvalue weighted by atomic mass is 9.92. The maximum absolute atomic E-state index is 13.0. The van der Waals surface area contributed by atoms with E-state index in [9.17, 15) is 9.90 Å². The molecule has 1 aromatic rings. The minimum atomic E-state index is -0.820. The number of morpholine rings is 1. The number of rotatable bonds is 4. The summed E-state index contributed by atoms with van der Waals surface area (Å²) in [7, 11) is 3.90. The van der Waals surface area contributed by atoms with Gasteiger partial charge < -0.3 is 24.5 Å². The molecule has 2 saturated heterocycles. The van der Waals surface area contributed by atoms with Crippen LogP contribution in [0, 0.1) is 0 Å². The van der Waals surface area contributed by atoms with Crippen molar-refractivity contribution in [3.8, 4) is 0 Å². The highest BCUT2D eigenvalue weighted by Crippen LogP contribution is 2.25. The third-order valence-corrected chi connectivity index (χ3v) is 4.92. The molecule has 1 amide bonds. The quantitative estimate of drug-likeness (QED) is 0.882. The molecule has 0 radical (unpaired) electrons. The van der Waals surface area contributed by atoms with Gasteiger partial charge in [-0.3, -0.25) is 4.79 Å². The van der Waals surface area contributed by atoms with E-state index in [1.165, 1.54) is 0 Å². The lowest BCUT2D eigenvalue weighted by Gasteiger charge is -2.40. The Morgan fingerprint density at radius 2 is 2.04 bits per heavy atom. The number of anilines is 1. The molecule has 25 heavy (non-hydrogen) atoms. The number of likely N-dealkylation sites (N-methyl/N-ethyl adjacent to an activating group) is 1. The number of carbonyl (C=O) groups is 1. The van der Waals surface area contributed by atoms with Gasteiger partial charge in [0.2, 0.25) is 0 Å². The summed E-state index contributed by atoms with van der Waals surface area (Å²) in [6.07, 6.45) is 1.57. The molecule has 138 valence electrons. The fraction of sp³-hybridized carbons (Fsp3) is 0.632. The highest BCUT2D eigenvalue weighted by Gasteiger charge is 2.35. The molecule has 2 aliphatic heterocycles. The van der Waals surface area contributed by atoms with Crippen molar-refractivity contribution in [2.45, 2.75) is 18.4 Å². The van der Waals surface area contributed by atoms with Gasteiger partial charge in [-0.05, 0) is 45.1 Å². The smallest absolute Gasteiger partial charge is 0.254 e. The van der Waals surface area contributed by atoms with Gasteiger partial charge >= 0.3 is 0 Å². The Morgan fingerprint density at radius 1 is 1.28 bits per heavy atom. The molecule has 0 bridgehead atoms. The number of ether oxygens (including phenoxy) is 1. The standard InChI is InChI=1S/C19H29N3O3/c1-20(2)14-19(24)7-4-8-22(15-19)18(23)16-5-3-6-17(13-16)21-9-11-25-12-10-21/h3,5-6,13,24H,4,7-12,14-15H2,1-2H3. The lowest BCUT2D eigenvalue weighted by Crippen LogP contribution is -2.54. The van der Waals surface area contributed by atoms with E-state index < -0.39 is 5.60 Å². The molecule has 1 atom stereocenters. The van der Waals surface area contributed by atoms with Crippen molar-refractivity contribution in [1.29, 1.82) is 0 Å². The van der Waals surface area contributed by atoms with E-state index in [0.717, 1.165) is 44.8 Å². The van der Waals surface area contributed by atoms with E-state index in [2.05, 4.69) is 4.90 Å². The zero-order chi connectivity index (χ0) is 17.9. The van der Waals surface area contributed by atoms with Crippen molar-refractivity contribution < 1.29 is 14.6 Å². The Hall–Kier alpha value is -1.63. The molecule has 1 unspecified atom stereocenters. The maximum atomic E-state index is 13.0. The molecule has 0 aromatic heterocycles. The molecule has 6 heteroatoms. The van der Waals surface area contributed by atoms with Gasteiger partial charge in [0.05, 0.1) is 25.4 Å². The summed E-state index contributed by atoms with van der Waals surface area (Å²) in [5, 5.41) is 10.8. The number of likely N-dealkylation sites (tertiary alicyclic amines) is 1. The number of amides is 1. The van der Waals surface area contributed by atoms with Crippen LogP contribution < -0.4 is 4.90 Å². The number of nitrogens with zero attached hydrogens (tertiary/aromatic N) is 3. The first kappa shape index (κ1) is 18.2. The van der Waals surface area contributed by atoms with Gasteiger partial charge in [0.1, 0.15) is 0 Å². The summed E-state index contributed by atoms with van der Waals surface area (Å²) in [6, 6.07) is 7.81. The van der Waals surface area contributed by atoms with Crippen molar-refractivity contribution >= 4 is 11.6 Å². The number of β-amino-alcohol motifs (C(OH)–C–C–N with tert-alkyl or cyclic N) is 1. The Morgan fingerprint density at radius 3 is 2.76 bits per heavy atom. The number of aliphatic hydroxyl groups is 1. The van der Waals surface area contributed by atoms with Gasteiger partial charge in [-0.2, -0.15) is 0 Å². The Labute approximate surface area is 150 Å². The molecule has 2 heterocycles. The fourth-order valence-corrected chi connectivity index (χ4v) is 3.84. The van der Waals surface area contributed by atoms with Gasteiger partial charge in [-0.15, -0.1) is 0 Å². The summed E-state index contributed by atoms with van der Waals surface area (Å²) in [6.45, 7) is 4.82. The SMILES string of the molecule is CN(C)CC1(O)CCCN(C(=O)c2cccc(N3CCOCC3)c2)C1. The highest BCUT2D eigenvalue weighted by molar-refractivity contribution is 5.95. The first-order chi connectivity index (χ1) is 12.0. The third-order valence-electron chi connectivity index (χ3n) is 4.92. The monoisotopic (exact) mass is 347 g/mol. The van der Waals surface area contributed by atoms with Gasteiger partial charge in [0, 0.05) is 37.4 Å². The molecule has 1 aromatic carbocycles. The summed E-state index contributed by atoms with van der Waals surface area (Å²) >= 11 is 0. The molecule has 2 fully saturated rings. The van der Waals surface area contributed by atoms with Gasteiger partial charge in [0.15, 0.2) is 0 Å². The number of hydrogen-bond acceptors (Lipinski definition) is 5. The predicted octanol–water partition coefficient (Wildman–Crippen LogP) is 1.05. The van der Waals surface area contributed by atoms with E-state index in [1.807, 2.05) is 43.3 Å². The zero-order valence-corrected chi connectivity index (χ0v) is 15.3. The van der Waals surface area contributed by atoms with Crippen LogP contribution in [0.25, 0.3) is 0 Å². The van der Waals surface area contributed by atoms with Crippen molar-refractivity contribution in [2.24, 2.45) is 0 Å². The molecule has 2 aliphatic rings. The molecule has 3 rings (SSSR count). The topological polar surface area (TPSA) is 56.2 Å². The second kappa shape index (κ2) is 7.72. The summed E-state index contributed by atoms with van der Waals surface area (Å²) in [4.78, 5) is 19.0. The van der Waals surface area contributed by atoms with Crippen molar-refractivity contribution in [2.75, 3.05) is 64.9 Å². The normalized spacial score (nSPS) is 24.6. The van der Waals surface area contributed by atoms with E-state index in [0.29, 0.717) is 25.2 Å². The number of benzene rings is 1. The lowest BCUT2D eigenvalue weighted by molar-refractivity contribution is -0.0391. The molecule has 1 N–H and O–H groups in total. The van der Waals surface area contributed by atoms with Gasteiger partial charge in [-0.25, -0.2) is 0 Å². The Balaban J connectivity index is 1.72. The molecule has 6 nitrogen and oxygen atoms in total. The van der Waals surface area contributed by atoms with Crippen molar-refractivity contribution in [3.63, 3.8) is 0 Å². The Bertz CT molecular complexity index is 601. The number of carbonyl (C=O) groups excluding carboxylic acids is 1. The van der Waals surface area contributed by atoms with E-state index in [4.69, 9.17) is 4.74 Å². The average molecular weight is 347 g/mol. The van der Waals surface area contributed by atoms with E-state index >= 15 is 0 Å². The second-order valence-electron chi connectivity index (χ2n) is 7.44. The molecular weight excluding hydrogens is 318 g/mol. The van der Waals surface area contributed by atoms with Crippen LogP contribution in [0.2, 0.25) is 0 Å². The second-order valence-corrected chi connectivity index (χ2v) is 7.44. The molecule has 0 aliphatic carbocycles. The van der Waals surface area contributed by atoms with Crippen LogP contribution in [-0.4, -0.2) is 86.4 Å². The predicted molar refractivity (Wildman–Crippen MR) is 98.1 cm³/mol.